The van der Waals surface area contributed by atoms with Crippen molar-refractivity contribution in [1.29, 1.82) is 0 Å². The number of fused-ring (bicyclic) bond motifs is 2. The van der Waals surface area contributed by atoms with Gasteiger partial charge in [-0.05, 0) is 12.8 Å². The number of hydrogen-bond donors (Lipinski definition) is 1. The fraction of sp³-hybridized carbons (Fsp3) is 0.385. The molecule has 1 saturated carbocycles. The minimum Gasteiger partial charge on any atom is -0.480 e. The molecule has 0 saturated heterocycles. The number of ether oxygens (including phenoxy) is 2. The zero-order valence-electron chi connectivity index (χ0n) is 10.1. The lowest BCUT2D eigenvalue weighted by Crippen LogP contribution is -2.11. The van der Waals surface area contributed by atoms with Crippen molar-refractivity contribution < 1.29 is 19.4 Å². The zero-order chi connectivity index (χ0) is 13.0. The van der Waals surface area contributed by atoms with E-state index < -0.39 is 5.97 Å². The monoisotopic (exact) mass is 260 g/mol. The smallest absolute Gasteiger partial charge is 0.323 e. The first-order chi connectivity index (χ1) is 9.22. The van der Waals surface area contributed by atoms with Crippen molar-refractivity contribution in [3.63, 3.8) is 0 Å². The van der Waals surface area contributed by atoms with E-state index in [1.165, 1.54) is 0 Å². The summed E-state index contributed by atoms with van der Waals surface area (Å²) in [5.41, 5.74) is 1.57. The lowest BCUT2D eigenvalue weighted by atomic mass is 10.2. The molecular weight excluding hydrogens is 248 g/mol. The number of aromatic nitrogens is 2. The van der Waals surface area contributed by atoms with E-state index in [0.29, 0.717) is 17.4 Å². The molecule has 2 heterocycles. The molecule has 0 amide bonds. The van der Waals surface area contributed by atoms with Gasteiger partial charge in [0.15, 0.2) is 11.5 Å². The Kier molecular flexibility index (Phi) is 2.04. The molecule has 6 heteroatoms. The molecule has 0 bridgehead atoms. The van der Waals surface area contributed by atoms with Crippen molar-refractivity contribution in [2.75, 3.05) is 6.79 Å². The van der Waals surface area contributed by atoms with Crippen molar-refractivity contribution in [3.05, 3.63) is 18.0 Å². The standard InChI is InChI=1S/C13H12N2O4/c16-12(17)5-15-9-4-11-10(18-6-19-11)3-8(9)14-13(15)7-1-2-7/h3-4,7H,1-2,5-6H2,(H,16,17). The largest absolute Gasteiger partial charge is 0.480 e. The van der Waals surface area contributed by atoms with Crippen LogP contribution in [-0.4, -0.2) is 27.4 Å². The van der Waals surface area contributed by atoms with Crippen LogP contribution in [0.4, 0.5) is 0 Å². The van der Waals surface area contributed by atoms with Gasteiger partial charge in [-0.25, -0.2) is 4.98 Å². The van der Waals surface area contributed by atoms with Crippen molar-refractivity contribution in [1.82, 2.24) is 9.55 Å². The molecule has 1 aromatic carbocycles. The maximum atomic E-state index is 11.0. The second-order valence-corrected chi connectivity index (χ2v) is 4.92. The number of aliphatic carboxylic acids is 1. The first kappa shape index (κ1) is 10.7. The molecule has 1 aliphatic carbocycles. The number of hydrogen-bond acceptors (Lipinski definition) is 4. The molecule has 0 radical (unpaired) electrons. The van der Waals surface area contributed by atoms with Crippen molar-refractivity contribution in [3.8, 4) is 11.5 Å². The highest BCUT2D eigenvalue weighted by molar-refractivity contribution is 5.82. The molecule has 98 valence electrons. The Morgan fingerprint density at radius 1 is 1.37 bits per heavy atom. The van der Waals surface area contributed by atoms with E-state index in [1.807, 2.05) is 12.1 Å². The maximum Gasteiger partial charge on any atom is 0.323 e. The van der Waals surface area contributed by atoms with Gasteiger partial charge in [-0.15, -0.1) is 0 Å². The molecule has 0 unspecified atom stereocenters. The Balaban J connectivity index is 1.93. The third-order valence-electron chi connectivity index (χ3n) is 3.51. The summed E-state index contributed by atoms with van der Waals surface area (Å²) in [6, 6.07) is 3.64. The number of carboxylic acid groups (broad SMARTS) is 1. The lowest BCUT2D eigenvalue weighted by Gasteiger charge is -2.05. The van der Waals surface area contributed by atoms with Crippen LogP contribution in [0, 0.1) is 0 Å². The van der Waals surface area contributed by atoms with Crippen LogP contribution >= 0.6 is 0 Å². The molecule has 1 aromatic heterocycles. The van der Waals surface area contributed by atoms with Gasteiger partial charge in [-0.3, -0.25) is 4.79 Å². The van der Waals surface area contributed by atoms with Gasteiger partial charge in [0.2, 0.25) is 6.79 Å². The van der Waals surface area contributed by atoms with Gasteiger partial charge in [0.05, 0.1) is 11.0 Å². The first-order valence-corrected chi connectivity index (χ1v) is 6.24. The van der Waals surface area contributed by atoms with Crippen LogP contribution in [0.2, 0.25) is 0 Å². The summed E-state index contributed by atoms with van der Waals surface area (Å²) in [4.78, 5) is 15.6. The van der Waals surface area contributed by atoms with Crippen LogP contribution in [-0.2, 0) is 11.3 Å². The fourth-order valence-electron chi connectivity index (χ4n) is 2.49. The number of carboxylic acids is 1. The molecule has 0 spiro atoms. The van der Waals surface area contributed by atoms with Crippen LogP contribution in [0.1, 0.15) is 24.6 Å². The van der Waals surface area contributed by atoms with E-state index in [0.717, 1.165) is 29.7 Å². The van der Waals surface area contributed by atoms with Gasteiger partial charge < -0.3 is 19.1 Å². The number of benzene rings is 1. The minimum absolute atomic E-state index is 0.0675. The molecule has 1 aliphatic heterocycles. The predicted octanol–water partition coefficient (Wildman–Crippen LogP) is 1.73. The number of carbonyl (C=O) groups is 1. The van der Waals surface area contributed by atoms with E-state index in [4.69, 9.17) is 14.6 Å². The Morgan fingerprint density at radius 3 is 2.79 bits per heavy atom. The zero-order valence-corrected chi connectivity index (χ0v) is 10.1. The molecule has 1 N–H and O–H groups in total. The average Bonchev–Trinajstić information content (AvgIpc) is 3.02. The summed E-state index contributed by atoms with van der Waals surface area (Å²) in [7, 11) is 0. The summed E-state index contributed by atoms with van der Waals surface area (Å²) in [6.07, 6.45) is 2.16. The summed E-state index contributed by atoms with van der Waals surface area (Å²) in [5, 5.41) is 9.06. The number of imidazole rings is 1. The number of rotatable bonds is 3. The molecule has 1 fully saturated rings. The van der Waals surface area contributed by atoms with Crippen LogP contribution < -0.4 is 9.47 Å². The quantitative estimate of drug-likeness (QED) is 0.909. The first-order valence-electron chi connectivity index (χ1n) is 6.24. The Hall–Kier alpha value is -2.24. The van der Waals surface area contributed by atoms with Gasteiger partial charge in [-0.2, -0.15) is 0 Å². The third kappa shape index (κ3) is 1.63. The Labute approximate surface area is 108 Å². The minimum atomic E-state index is -0.862. The predicted molar refractivity (Wildman–Crippen MR) is 65.5 cm³/mol. The van der Waals surface area contributed by atoms with Crippen molar-refractivity contribution >= 4 is 17.0 Å². The van der Waals surface area contributed by atoms with E-state index in [1.54, 1.807) is 4.57 Å². The van der Waals surface area contributed by atoms with E-state index >= 15 is 0 Å². The molecular formula is C13H12N2O4. The summed E-state index contributed by atoms with van der Waals surface area (Å²) in [5.74, 6) is 1.72. The SMILES string of the molecule is O=C(O)Cn1c(C2CC2)nc2cc3c(cc21)OCO3. The highest BCUT2D eigenvalue weighted by Gasteiger charge is 2.31. The molecule has 19 heavy (non-hydrogen) atoms. The van der Waals surface area contributed by atoms with Gasteiger partial charge >= 0.3 is 5.97 Å². The lowest BCUT2D eigenvalue weighted by molar-refractivity contribution is -0.137. The van der Waals surface area contributed by atoms with Crippen LogP contribution in [0.25, 0.3) is 11.0 Å². The number of nitrogens with zero attached hydrogens (tertiary/aromatic N) is 2. The summed E-state index contributed by atoms with van der Waals surface area (Å²) < 4.78 is 12.4. The second kappa shape index (κ2) is 3.63. The van der Waals surface area contributed by atoms with E-state index in [-0.39, 0.29) is 13.3 Å². The summed E-state index contributed by atoms with van der Waals surface area (Å²) in [6.45, 7) is 0.137. The Morgan fingerprint density at radius 2 is 2.11 bits per heavy atom. The molecule has 2 aromatic rings. The maximum absolute atomic E-state index is 11.0. The third-order valence-corrected chi connectivity index (χ3v) is 3.51. The van der Waals surface area contributed by atoms with Crippen molar-refractivity contribution in [2.24, 2.45) is 0 Å². The highest BCUT2D eigenvalue weighted by atomic mass is 16.7. The topological polar surface area (TPSA) is 73.6 Å². The highest BCUT2D eigenvalue weighted by Crippen LogP contribution is 2.42. The van der Waals surface area contributed by atoms with Crippen LogP contribution in [0.15, 0.2) is 12.1 Å². The van der Waals surface area contributed by atoms with Gasteiger partial charge in [0.25, 0.3) is 0 Å². The molecule has 6 nitrogen and oxygen atoms in total. The second-order valence-electron chi connectivity index (χ2n) is 4.92. The van der Waals surface area contributed by atoms with Gasteiger partial charge in [-0.1, -0.05) is 0 Å². The Bertz CT molecular complexity index is 687. The van der Waals surface area contributed by atoms with Crippen LogP contribution in [0.5, 0.6) is 11.5 Å². The van der Waals surface area contributed by atoms with E-state index in [9.17, 15) is 4.79 Å². The normalized spacial score (nSPS) is 17.1. The summed E-state index contributed by atoms with van der Waals surface area (Å²) >= 11 is 0. The van der Waals surface area contributed by atoms with E-state index in [2.05, 4.69) is 4.98 Å². The van der Waals surface area contributed by atoms with Crippen molar-refractivity contribution in [2.45, 2.75) is 25.3 Å². The molecule has 4 rings (SSSR count). The van der Waals surface area contributed by atoms with Gasteiger partial charge in [0, 0.05) is 18.1 Å². The van der Waals surface area contributed by atoms with Gasteiger partial charge in [0.1, 0.15) is 12.4 Å². The average molecular weight is 260 g/mol. The van der Waals surface area contributed by atoms with Crippen LogP contribution in [0.3, 0.4) is 0 Å². The fourth-order valence-corrected chi connectivity index (χ4v) is 2.49. The molecule has 0 atom stereocenters. The molecule has 2 aliphatic rings.